The maximum atomic E-state index is 12.6. The summed E-state index contributed by atoms with van der Waals surface area (Å²) in [6.07, 6.45) is -1.86. The van der Waals surface area contributed by atoms with Crippen LogP contribution in [0.4, 0.5) is 19.0 Å². The van der Waals surface area contributed by atoms with Crippen LogP contribution in [-0.2, 0) is 0 Å². The highest BCUT2D eigenvalue weighted by atomic mass is 19.4. The highest BCUT2D eigenvalue weighted by molar-refractivity contribution is 6.01. The van der Waals surface area contributed by atoms with Crippen LogP contribution in [0.5, 0.6) is 5.75 Å². The van der Waals surface area contributed by atoms with Crippen molar-refractivity contribution in [3.8, 4) is 11.4 Å². The molecule has 2 heterocycles. The molecule has 134 valence electrons. The standard InChI is InChI=1S/C16H17F3N4O2/c17-16(18,19)25-12-3-1-11(2-4-12)23-15(20)13(9-22-23)14(24)10-5-7-21-8-6-10/h1-4,9-10,21H,5-8,20H2. The van der Waals surface area contributed by atoms with Crippen LogP contribution in [-0.4, -0.2) is 35.0 Å². The summed E-state index contributed by atoms with van der Waals surface area (Å²) in [6.45, 7) is 1.57. The Hall–Kier alpha value is -2.55. The van der Waals surface area contributed by atoms with E-state index < -0.39 is 6.36 Å². The molecule has 3 rings (SSSR count). The lowest BCUT2D eigenvalue weighted by molar-refractivity contribution is -0.274. The van der Waals surface area contributed by atoms with Crippen LogP contribution >= 0.6 is 0 Å². The first-order chi connectivity index (χ1) is 11.8. The molecule has 0 spiro atoms. The number of halogens is 3. The smallest absolute Gasteiger partial charge is 0.406 e. The Morgan fingerprint density at radius 2 is 1.88 bits per heavy atom. The van der Waals surface area contributed by atoms with Crippen LogP contribution in [0.25, 0.3) is 5.69 Å². The summed E-state index contributed by atoms with van der Waals surface area (Å²) in [6, 6.07) is 5.11. The number of carbonyl (C=O) groups excluding carboxylic acids is 1. The molecule has 1 aromatic heterocycles. The van der Waals surface area contributed by atoms with Crippen molar-refractivity contribution in [1.82, 2.24) is 15.1 Å². The van der Waals surface area contributed by atoms with E-state index in [-0.39, 0.29) is 23.3 Å². The number of carbonyl (C=O) groups is 1. The van der Waals surface area contributed by atoms with Gasteiger partial charge in [-0.1, -0.05) is 0 Å². The fourth-order valence-electron chi connectivity index (χ4n) is 2.85. The Morgan fingerprint density at radius 3 is 2.48 bits per heavy atom. The summed E-state index contributed by atoms with van der Waals surface area (Å²) in [5, 5.41) is 7.29. The Labute approximate surface area is 141 Å². The van der Waals surface area contributed by atoms with E-state index in [1.807, 2.05) is 0 Å². The minimum absolute atomic E-state index is 0.0534. The van der Waals surface area contributed by atoms with Crippen molar-refractivity contribution in [1.29, 1.82) is 0 Å². The number of hydrogen-bond acceptors (Lipinski definition) is 5. The zero-order valence-corrected chi connectivity index (χ0v) is 13.2. The number of alkyl halides is 3. The average molecular weight is 354 g/mol. The van der Waals surface area contributed by atoms with Gasteiger partial charge in [0.25, 0.3) is 0 Å². The molecule has 6 nitrogen and oxygen atoms in total. The van der Waals surface area contributed by atoms with Crippen LogP contribution in [0.2, 0.25) is 0 Å². The largest absolute Gasteiger partial charge is 0.573 e. The highest BCUT2D eigenvalue weighted by Crippen LogP contribution is 2.26. The van der Waals surface area contributed by atoms with Gasteiger partial charge in [0.15, 0.2) is 5.78 Å². The quantitative estimate of drug-likeness (QED) is 0.825. The lowest BCUT2D eigenvalue weighted by atomic mass is 9.90. The number of nitrogens with two attached hydrogens (primary N) is 1. The van der Waals surface area contributed by atoms with Crippen molar-refractivity contribution in [2.75, 3.05) is 18.8 Å². The van der Waals surface area contributed by atoms with Gasteiger partial charge in [-0.25, -0.2) is 4.68 Å². The normalized spacial score (nSPS) is 16.0. The Bertz CT molecular complexity index is 750. The van der Waals surface area contributed by atoms with E-state index in [1.54, 1.807) is 0 Å². The molecular formula is C16H17F3N4O2. The number of rotatable bonds is 4. The van der Waals surface area contributed by atoms with E-state index in [9.17, 15) is 18.0 Å². The first-order valence-electron chi connectivity index (χ1n) is 7.80. The minimum atomic E-state index is -4.75. The predicted octanol–water partition coefficient (Wildman–Crippen LogP) is 2.54. The van der Waals surface area contributed by atoms with Gasteiger partial charge in [-0.15, -0.1) is 13.2 Å². The Balaban J connectivity index is 1.79. The zero-order chi connectivity index (χ0) is 18.0. The molecule has 0 radical (unpaired) electrons. The molecule has 0 saturated carbocycles. The van der Waals surface area contributed by atoms with Gasteiger partial charge in [-0.2, -0.15) is 5.10 Å². The number of ether oxygens (including phenoxy) is 1. The molecule has 0 aliphatic carbocycles. The van der Waals surface area contributed by atoms with Crippen LogP contribution < -0.4 is 15.8 Å². The minimum Gasteiger partial charge on any atom is -0.406 e. The van der Waals surface area contributed by atoms with E-state index in [0.717, 1.165) is 38.1 Å². The molecule has 2 aromatic rings. The van der Waals surface area contributed by atoms with Gasteiger partial charge >= 0.3 is 6.36 Å². The highest BCUT2D eigenvalue weighted by Gasteiger charge is 2.31. The maximum Gasteiger partial charge on any atom is 0.573 e. The molecule has 1 saturated heterocycles. The zero-order valence-electron chi connectivity index (χ0n) is 13.2. The molecule has 0 atom stereocenters. The number of nitrogens with zero attached hydrogens (tertiary/aromatic N) is 2. The summed E-state index contributed by atoms with van der Waals surface area (Å²) in [5.41, 5.74) is 6.81. The third-order valence-electron chi connectivity index (χ3n) is 4.10. The monoisotopic (exact) mass is 354 g/mol. The van der Waals surface area contributed by atoms with Gasteiger partial charge in [-0.05, 0) is 50.2 Å². The van der Waals surface area contributed by atoms with Crippen molar-refractivity contribution in [2.24, 2.45) is 5.92 Å². The fourth-order valence-corrected chi connectivity index (χ4v) is 2.85. The summed E-state index contributed by atoms with van der Waals surface area (Å²) in [5.74, 6) is -0.313. The molecular weight excluding hydrogens is 337 g/mol. The number of ketones is 1. The Kier molecular flexibility index (Phi) is 4.67. The SMILES string of the molecule is Nc1c(C(=O)C2CCNCC2)cnn1-c1ccc(OC(F)(F)F)cc1. The molecule has 0 bridgehead atoms. The van der Waals surface area contributed by atoms with E-state index in [4.69, 9.17) is 5.73 Å². The van der Waals surface area contributed by atoms with Crippen LogP contribution in [0.1, 0.15) is 23.2 Å². The average Bonchev–Trinajstić information content (AvgIpc) is 2.96. The van der Waals surface area contributed by atoms with Gasteiger partial charge in [0.2, 0.25) is 0 Å². The maximum absolute atomic E-state index is 12.6. The van der Waals surface area contributed by atoms with Gasteiger partial charge in [0.05, 0.1) is 17.4 Å². The number of Topliss-reactive ketones (excluding diaryl/α,β-unsaturated/α-hetero) is 1. The van der Waals surface area contributed by atoms with Crippen molar-refractivity contribution in [3.05, 3.63) is 36.0 Å². The lowest BCUT2D eigenvalue weighted by Crippen LogP contribution is -2.32. The van der Waals surface area contributed by atoms with Crippen LogP contribution in [0.15, 0.2) is 30.5 Å². The van der Waals surface area contributed by atoms with Crippen LogP contribution in [0.3, 0.4) is 0 Å². The topological polar surface area (TPSA) is 82.2 Å². The Morgan fingerprint density at radius 1 is 1.24 bits per heavy atom. The summed E-state index contributed by atoms with van der Waals surface area (Å²) < 4.78 is 41.7. The number of hydrogen-bond donors (Lipinski definition) is 2. The van der Waals surface area contributed by atoms with Crippen molar-refractivity contribution >= 4 is 11.6 Å². The molecule has 0 amide bonds. The number of nitrogens with one attached hydrogen (secondary N) is 1. The van der Waals surface area contributed by atoms with Crippen molar-refractivity contribution in [3.63, 3.8) is 0 Å². The third-order valence-corrected chi connectivity index (χ3v) is 4.10. The van der Waals surface area contributed by atoms with Gasteiger partial charge in [0, 0.05) is 5.92 Å². The number of piperidine rings is 1. The summed E-state index contributed by atoms with van der Waals surface area (Å²) in [4.78, 5) is 12.6. The van der Waals surface area contributed by atoms with Crippen molar-refractivity contribution < 1.29 is 22.7 Å². The molecule has 1 aliphatic heterocycles. The first kappa shape index (κ1) is 17.3. The first-order valence-corrected chi connectivity index (χ1v) is 7.80. The second-order valence-corrected chi connectivity index (χ2v) is 5.79. The molecule has 25 heavy (non-hydrogen) atoms. The second kappa shape index (κ2) is 6.75. The van der Waals surface area contributed by atoms with E-state index in [0.29, 0.717) is 11.3 Å². The fraction of sp³-hybridized carbons (Fsp3) is 0.375. The number of benzene rings is 1. The summed E-state index contributed by atoms with van der Waals surface area (Å²) in [7, 11) is 0. The van der Waals surface area contributed by atoms with E-state index >= 15 is 0 Å². The number of nitrogen functional groups attached to an aromatic ring is 1. The third kappa shape index (κ3) is 3.93. The predicted molar refractivity (Wildman–Crippen MR) is 84.6 cm³/mol. The molecule has 1 aromatic carbocycles. The molecule has 3 N–H and O–H groups in total. The van der Waals surface area contributed by atoms with E-state index in [2.05, 4.69) is 15.2 Å². The number of anilines is 1. The van der Waals surface area contributed by atoms with Crippen molar-refractivity contribution in [2.45, 2.75) is 19.2 Å². The van der Waals surface area contributed by atoms with Gasteiger partial charge in [-0.3, -0.25) is 4.79 Å². The second-order valence-electron chi connectivity index (χ2n) is 5.79. The molecule has 0 unspecified atom stereocenters. The molecule has 1 aliphatic rings. The van der Waals surface area contributed by atoms with Crippen LogP contribution in [0, 0.1) is 5.92 Å². The molecule has 9 heteroatoms. The summed E-state index contributed by atoms with van der Waals surface area (Å²) >= 11 is 0. The van der Waals surface area contributed by atoms with E-state index in [1.165, 1.54) is 23.0 Å². The number of aromatic nitrogens is 2. The lowest BCUT2D eigenvalue weighted by Gasteiger charge is -2.21. The molecule has 1 fully saturated rings. The van der Waals surface area contributed by atoms with Gasteiger partial charge < -0.3 is 15.8 Å². The van der Waals surface area contributed by atoms with Gasteiger partial charge in [0.1, 0.15) is 11.6 Å².